The van der Waals surface area contributed by atoms with E-state index in [1.807, 2.05) is 0 Å². The van der Waals surface area contributed by atoms with E-state index in [2.05, 4.69) is 31.2 Å². The monoisotopic (exact) mass is 305 g/mol. The molecule has 1 aromatic rings. The van der Waals surface area contributed by atoms with Crippen LogP contribution in [0.3, 0.4) is 0 Å². The molecule has 88 valence electrons. The number of anilines is 1. The van der Waals surface area contributed by atoms with Gasteiger partial charge in [-0.1, -0.05) is 11.6 Å². The smallest absolute Gasteiger partial charge is 0.148 e. The maximum Gasteiger partial charge on any atom is 0.148 e. The van der Waals surface area contributed by atoms with Crippen molar-refractivity contribution in [3.63, 3.8) is 0 Å². The molecule has 1 N–H and O–H groups in total. The van der Waals surface area contributed by atoms with Gasteiger partial charge in [0.25, 0.3) is 0 Å². The summed E-state index contributed by atoms with van der Waals surface area (Å²) in [5.41, 5.74) is 0. The maximum atomic E-state index is 5.86. The number of nitrogens with zero attached hydrogens (tertiary/aromatic N) is 2. The van der Waals surface area contributed by atoms with Crippen molar-refractivity contribution in [1.29, 1.82) is 0 Å². The molecular weight excluding hydrogens is 293 g/mol. The molecule has 2 heterocycles. The van der Waals surface area contributed by atoms with Crippen LogP contribution in [-0.2, 0) is 4.74 Å². The second-order valence-electron chi connectivity index (χ2n) is 3.68. The topological polar surface area (TPSA) is 47.0 Å². The van der Waals surface area contributed by atoms with Crippen molar-refractivity contribution in [1.82, 2.24) is 9.97 Å². The molecular formula is C10H13BrClN3O. The highest BCUT2D eigenvalue weighted by molar-refractivity contribution is 9.10. The summed E-state index contributed by atoms with van der Waals surface area (Å²) >= 11 is 9.20. The summed E-state index contributed by atoms with van der Waals surface area (Å²) < 4.78 is 6.25. The van der Waals surface area contributed by atoms with Gasteiger partial charge in [0.15, 0.2) is 0 Å². The molecule has 1 aliphatic rings. The minimum absolute atomic E-state index is 0.392. The van der Waals surface area contributed by atoms with E-state index in [1.54, 1.807) is 0 Å². The molecule has 0 saturated carbocycles. The largest absolute Gasteiger partial charge is 0.378 e. The van der Waals surface area contributed by atoms with Crippen LogP contribution >= 0.6 is 27.5 Å². The summed E-state index contributed by atoms with van der Waals surface area (Å²) in [6.07, 6.45) is 5.17. The normalized spacial score (nSPS) is 20.0. The standard InChI is InChI=1S/C10H13BrClN3O/c11-8-9(12)14-6-15-10(8)13-4-3-7-2-1-5-16-7/h6-7H,1-5H2,(H,13,14,15). The molecule has 1 aliphatic heterocycles. The van der Waals surface area contributed by atoms with Crippen LogP contribution in [0.2, 0.25) is 5.15 Å². The summed E-state index contributed by atoms with van der Waals surface area (Å²) in [7, 11) is 0. The first-order valence-electron chi connectivity index (χ1n) is 5.29. The van der Waals surface area contributed by atoms with Gasteiger partial charge in [0.1, 0.15) is 17.3 Å². The highest BCUT2D eigenvalue weighted by Crippen LogP contribution is 2.26. The second kappa shape index (κ2) is 5.80. The van der Waals surface area contributed by atoms with E-state index < -0.39 is 0 Å². The van der Waals surface area contributed by atoms with E-state index in [0.717, 1.165) is 31.8 Å². The third kappa shape index (κ3) is 3.06. The van der Waals surface area contributed by atoms with E-state index in [0.29, 0.717) is 15.7 Å². The Hall–Kier alpha value is -0.390. The van der Waals surface area contributed by atoms with E-state index in [-0.39, 0.29) is 0 Å². The fraction of sp³-hybridized carbons (Fsp3) is 0.600. The molecule has 2 rings (SSSR count). The van der Waals surface area contributed by atoms with Crippen LogP contribution in [0.4, 0.5) is 5.82 Å². The second-order valence-corrected chi connectivity index (χ2v) is 4.83. The van der Waals surface area contributed by atoms with Crippen LogP contribution in [0.1, 0.15) is 19.3 Å². The first-order valence-corrected chi connectivity index (χ1v) is 6.46. The van der Waals surface area contributed by atoms with Gasteiger partial charge in [-0.25, -0.2) is 9.97 Å². The zero-order valence-corrected chi connectivity index (χ0v) is 11.1. The number of nitrogens with one attached hydrogen (secondary N) is 1. The van der Waals surface area contributed by atoms with Gasteiger partial charge in [-0.2, -0.15) is 0 Å². The fourth-order valence-corrected chi connectivity index (χ4v) is 2.17. The molecule has 1 atom stereocenters. The van der Waals surface area contributed by atoms with E-state index in [4.69, 9.17) is 16.3 Å². The number of ether oxygens (including phenoxy) is 1. The molecule has 1 saturated heterocycles. The van der Waals surface area contributed by atoms with Crippen molar-refractivity contribution < 1.29 is 4.74 Å². The third-order valence-electron chi connectivity index (χ3n) is 2.53. The van der Waals surface area contributed by atoms with Crippen LogP contribution in [0, 0.1) is 0 Å². The van der Waals surface area contributed by atoms with Crippen molar-refractivity contribution in [2.75, 3.05) is 18.5 Å². The Morgan fingerprint density at radius 2 is 2.44 bits per heavy atom. The average Bonchev–Trinajstić information content (AvgIpc) is 2.77. The van der Waals surface area contributed by atoms with Gasteiger partial charge in [0.05, 0.1) is 10.6 Å². The predicted molar refractivity (Wildman–Crippen MR) is 66.8 cm³/mol. The molecule has 0 radical (unpaired) electrons. The lowest BCUT2D eigenvalue weighted by Gasteiger charge is -2.11. The van der Waals surface area contributed by atoms with Crippen molar-refractivity contribution in [2.24, 2.45) is 0 Å². The summed E-state index contributed by atoms with van der Waals surface area (Å²) in [5.74, 6) is 0.734. The fourth-order valence-electron chi connectivity index (χ4n) is 1.70. The van der Waals surface area contributed by atoms with E-state index in [9.17, 15) is 0 Å². The molecule has 16 heavy (non-hydrogen) atoms. The van der Waals surface area contributed by atoms with Crippen molar-refractivity contribution in [3.05, 3.63) is 16.0 Å². The lowest BCUT2D eigenvalue weighted by molar-refractivity contribution is 0.107. The lowest BCUT2D eigenvalue weighted by Crippen LogP contribution is -2.13. The Morgan fingerprint density at radius 1 is 1.56 bits per heavy atom. The van der Waals surface area contributed by atoms with Gasteiger partial charge >= 0.3 is 0 Å². The molecule has 1 fully saturated rings. The van der Waals surface area contributed by atoms with Gasteiger partial charge < -0.3 is 10.1 Å². The molecule has 0 aromatic carbocycles. The summed E-state index contributed by atoms with van der Waals surface area (Å²) in [6, 6.07) is 0. The Morgan fingerprint density at radius 3 is 3.19 bits per heavy atom. The molecule has 1 unspecified atom stereocenters. The van der Waals surface area contributed by atoms with Gasteiger partial charge in [-0.05, 0) is 35.2 Å². The van der Waals surface area contributed by atoms with Gasteiger partial charge in [0, 0.05) is 13.2 Å². The number of halogens is 2. The average molecular weight is 307 g/mol. The van der Waals surface area contributed by atoms with E-state index in [1.165, 1.54) is 12.7 Å². The number of aromatic nitrogens is 2. The Bertz CT molecular complexity index is 358. The highest BCUT2D eigenvalue weighted by Gasteiger charge is 2.15. The van der Waals surface area contributed by atoms with Crippen LogP contribution in [0.25, 0.3) is 0 Å². The van der Waals surface area contributed by atoms with Crippen LogP contribution in [0.15, 0.2) is 10.8 Å². The minimum atomic E-state index is 0.392. The summed E-state index contributed by atoms with van der Waals surface area (Å²) in [5, 5.41) is 3.64. The zero-order valence-electron chi connectivity index (χ0n) is 8.75. The molecule has 0 aliphatic carbocycles. The molecule has 1 aromatic heterocycles. The van der Waals surface area contributed by atoms with Crippen molar-refractivity contribution in [2.45, 2.75) is 25.4 Å². The molecule has 0 bridgehead atoms. The van der Waals surface area contributed by atoms with Crippen molar-refractivity contribution in [3.8, 4) is 0 Å². The number of hydrogen-bond acceptors (Lipinski definition) is 4. The van der Waals surface area contributed by atoms with E-state index >= 15 is 0 Å². The number of hydrogen-bond donors (Lipinski definition) is 1. The SMILES string of the molecule is Clc1ncnc(NCCC2CCCO2)c1Br. The van der Waals surface area contributed by atoms with Crippen LogP contribution in [0.5, 0.6) is 0 Å². The van der Waals surface area contributed by atoms with Crippen molar-refractivity contribution >= 4 is 33.3 Å². The molecule has 6 heteroatoms. The van der Waals surface area contributed by atoms with Crippen LogP contribution in [-0.4, -0.2) is 29.2 Å². The highest BCUT2D eigenvalue weighted by atomic mass is 79.9. The van der Waals surface area contributed by atoms with Crippen LogP contribution < -0.4 is 5.32 Å². The Kier molecular flexibility index (Phi) is 4.37. The van der Waals surface area contributed by atoms with Gasteiger partial charge in [-0.3, -0.25) is 0 Å². The Balaban J connectivity index is 1.82. The summed E-state index contributed by atoms with van der Waals surface area (Å²) in [6.45, 7) is 1.73. The Labute approximate surface area is 108 Å². The lowest BCUT2D eigenvalue weighted by atomic mass is 10.2. The first-order chi connectivity index (χ1) is 7.77. The minimum Gasteiger partial charge on any atom is -0.378 e. The first kappa shape index (κ1) is 12.1. The van der Waals surface area contributed by atoms with Gasteiger partial charge in [0.2, 0.25) is 0 Å². The number of rotatable bonds is 4. The van der Waals surface area contributed by atoms with Gasteiger partial charge in [-0.15, -0.1) is 0 Å². The summed E-state index contributed by atoms with van der Waals surface area (Å²) in [4.78, 5) is 7.98. The molecule has 0 amide bonds. The zero-order chi connectivity index (χ0) is 11.4. The molecule has 0 spiro atoms. The predicted octanol–water partition coefficient (Wildman–Crippen LogP) is 2.87. The maximum absolute atomic E-state index is 5.86. The third-order valence-corrected chi connectivity index (χ3v) is 3.80. The molecule has 4 nitrogen and oxygen atoms in total. The quantitative estimate of drug-likeness (QED) is 0.869.